The van der Waals surface area contributed by atoms with Gasteiger partial charge in [-0.05, 0) is 49.2 Å². The fraction of sp³-hybridized carbons (Fsp3) is 0.333. The molecule has 2 aromatic carbocycles. The van der Waals surface area contributed by atoms with Gasteiger partial charge in [0.05, 0.1) is 23.0 Å². The summed E-state index contributed by atoms with van der Waals surface area (Å²) in [5, 5.41) is 3.79. The second-order valence-corrected chi connectivity index (χ2v) is 9.83. The summed E-state index contributed by atoms with van der Waals surface area (Å²) >= 11 is 5.88. The van der Waals surface area contributed by atoms with E-state index in [1.54, 1.807) is 54.6 Å². The maximum absolute atomic E-state index is 12.8. The number of amides is 2. The van der Waals surface area contributed by atoms with Gasteiger partial charge in [0.15, 0.2) is 0 Å². The Morgan fingerprint density at radius 3 is 2.20 bits per heavy atom. The fourth-order valence-corrected chi connectivity index (χ4v) is 5.53. The number of benzene rings is 2. The summed E-state index contributed by atoms with van der Waals surface area (Å²) in [6.45, 7) is 0.731. The van der Waals surface area contributed by atoms with Crippen molar-refractivity contribution < 1.29 is 18.0 Å². The van der Waals surface area contributed by atoms with Crippen molar-refractivity contribution in [3.8, 4) is 0 Å². The van der Waals surface area contributed by atoms with Crippen LogP contribution >= 0.6 is 11.6 Å². The number of sulfonamides is 1. The highest BCUT2D eigenvalue weighted by Gasteiger charge is 2.41. The average Bonchev–Trinajstić information content (AvgIpc) is 3.03. The van der Waals surface area contributed by atoms with Crippen LogP contribution in [0.4, 0.5) is 5.69 Å². The van der Waals surface area contributed by atoms with E-state index in [-0.39, 0.29) is 29.2 Å². The molecule has 1 atom stereocenters. The van der Waals surface area contributed by atoms with Crippen LogP contribution < -0.4 is 10.2 Å². The third-order valence-corrected chi connectivity index (χ3v) is 7.67. The molecule has 2 aliphatic heterocycles. The van der Waals surface area contributed by atoms with Crippen LogP contribution in [-0.4, -0.2) is 49.7 Å². The molecule has 2 saturated heterocycles. The Bertz CT molecular complexity index is 1040. The molecule has 2 fully saturated rings. The quantitative estimate of drug-likeness (QED) is 0.711. The summed E-state index contributed by atoms with van der Waals surface area (Å²) in [6, 6.07) is 14.3. The number of imide groups is 1. The molecule has 4 rings (SSSR count). The predicted molar refractivity (Wildman–Crippen MR) is 114 cm³/mol. The summed E-state index contributed by atoms with van der Waals surface area (Å²) < 4.78 is 27.0. The predicted octanol–water partition coefficient (Wildman–Crippen LogP) is 2.41. The first kappa shape index (κ1) is 21.0. The molecule has 0 aromatic heterocycles. The Morgan fingerprint density at radius 1 is 0.933 bits per heavy atom. The maximum atomic E-state index is 12.8. The number of nitrogens with one attached hydrogen (secondary N) is 1. The zero-order chi connectivity index (χ0) is 21.3. The highest BCUT2D eigenvalue weighted by Crippen LogP contribution is 2.26. The minimum atomic E-state index is -3.52. The summed E-state index contributed by atoms with van der Waals surface area (Å²) in [7, 11) is -3.52. The zero-order valence-corrected chi connectivity index (χ0v) is 17.8. The van der Waals surface area contributed by atoms with Gasteiger partial charge in [-0.25, -0.2) is 13.3 Å². The zero-order valence-electron chi connectivity index (χ0n) is 16.2. The number of piperidine rings is 1. The topological polar surface area (TPSA) is 86.8 Å². The summed E-state index contributed by atoms with van der Waals surface area (Å²) in [4.78, 5) is 26.7. The number of rotatable bonds is 5. The number of nitrogens with zero attached hydrogens (tertiary/aromatic N) is 2. The molecule has 0 spiro atoms. The van der Waals surface area contributed by atoms with Crippen molar-refractivity contribution in [2.75, 3.05) is 18.0 Å². The van der Waals surface area contributed by atoms with E-state index in [0.29, 0.717) is 36.6 Å². The van der Waals surface area contributed by atoms with Gasteiger partial charge in [-0.15, -0.1) is 0 Å². The van der Waals surface area contributed by atoms with E-state index in [1.165, 1.54) is 9.21 Å². The molecule has 0 saturated carbocycles. The molecule has 2 aliphatic rings. The first-order valence-electron chi connectivity index (χ1n) is 9.80. The highest BCUT2D eigenvalue weighted by molar-refractivity contribution is 7.89. The number of hydrogen-bond acceptors (Lipinski definition) is 5. The van der Waals surface area contributed by atoms with Gasteiger partial charge >= 0.3 is 0 Å². The Balaban J connectivity index is 1.37. The summed E-state index contributed by atoms with van der Waals surface area (Å²) in [6.07, 6.45) is 1.24. The normalized spacial score (nSPS) is 21.4. The van der Waals surface area contributed by atoms with Crippen molar-refractivity contribution in [2.45, 2.75) is 36.2 Å². The Kier molecular flexibility index (Phi) is 5.92. The van der Waals surface area contributed by atoms with Crippen LogP contribution in [-0.2, 0) is 19.6 Å². The van der Waals surface area contributed by atoms with Crippen LogP contribution in [0.1, 0.15) is 19.3 Å². The average molecular weight is 448 g/mol. The molecule has 0 bridgehead atoms. The number of carbonyl (C=O) groups is 2. The lowest BCUT2D eigenvalue weighted by atomic mass is 10.1. The third kappa shape index (κ3) is 4.13. The van der Waals surface area contributed by atoms with Gasteiger partial charge in [0, 0.05) is 24.2 Å². The Morgan fingerprint density at radius 2 is 1.57 bits per heavy atom. The summed E-state index contributed by atoms with van der Waals surface area (Å²) in [5.74, 6) is -0.550. The van der Waals surface area contributed by atoms with Crippen molar-refractivity contribution in [1.82, 2.24) is 9.62 Å². The first-order chi connectivity index (χ1) is 14.4. The van der Waals surface area contributed by atoms with Crippen LogP contribution in [0, 0.1) is 0 Å². The number of anilines is 1. The molecule has 0 radical (unpaired) electrons. The van der Waals surface area contributed by atoms with Crippen LogP contribution in [0.2, 0.25) is 5.02 Å². The Labute approximate surface area is 180 Å². The van der Waals surface area contributed by atoms with E-state index >= 15 is 0 Å². The Hall–Kier alpha value is -2.26. The molecule has 2 amide bonds. The standard InChI is InChI=1S/C21H22ClN3O4S/c22-15-6-8-17(9-7-15)25-20(26)14-19(21(25)27)23-16-10-12-24(13-11-16)30(28,29)18-4-2-1-3-5-18/h1-9,16,19,23H,10-14H2/t19-/m0/s1. The van der Waals surface area contributed by atoms with Gasteiger partial charge in [0.25, 0.3) is 5.91 Å². The van der Waals surface area contributed by atoms with Crippen molar-refractivity contribution in [3.63, 3.8) is 0 Å². The lowest BCUT2D eigenvalue weighted by Gasteiger charge is -2.32. The third-order valence-electron chi connectivity index (χ3n) is 5.50. The van der Waals surface area contributed by atoms with Gasteiger partial charge in [0.1, 0.15) is 0 Å². The molecule has 0 unspecified atom stereocenters. The maximum Gasteiger partial charge on any atom is 0.251 e. The molecule has 30 heavy (non-hydrogen) atoms. The van der Waals surface area contributed by atoms with E-state index in [1.807, 2.05) is 0 Å². The molecule has 2 aromatic rings. The van der Waals surface area contributed by atoms with Crippen molar-refractivity contribution in [1.29, 1.82) is 0 Å². The van der Waals surface area contributed by atoms with Crippen LogP contribution in [0.25, 0.3) is 0 Å². The first-order valence-corrected chi connectivity index (χ1v) is 11.6. The summed E-state index contributed by atoms with van der Waals surface area (Å²) in [5.41, 5.74) is 0.502. The lowest BCUT2D eigenvalue weighted by Crippen LogP contribution is -2.49. The molecule has 7 nitrogen and oxygen atoms in total. The van der Waals surface area contributed by atoms with E-state index < -0.39 is 16.1 Å². The minimum absolute atomic E-state index is 0.0286. The van der Waals surface area contributed by atoms with Crippen LogP contribution in [0.15, 0.2) is 59.5 Å². The fourth-order valence-electron chi connectivity index (χ4n) is 3.91. The SMILES string of the molecule is O=C1C[C@H](NC2CCN(S(=O)(=O)c3ccccc3)CC2)C(=O)N1c1ccc(Cl)cc1. The largest absolute Gasteiger partial charge is 0.303 e. The van der Waals surface area contributed by atoms with Gasteiger partial charge < -0.3 is 5.32 Å². The monoisotopic (exact) mass is 447 g/mol. The number of hydrogen-bond donors (Lipinski definition) is 1. The molecular weight excluding hydrogens is 426 g/mol. The van der Waals surface area contributed by atoms with E-state index in [4.69, 9.17) is 11.6 Å². The van der Waals surface area contributed by atoms with Gasteiger partial charge in [0.2, 0.25) is 15.9 Å². The molecular formula is C21H22ClN3O4S. The van der Waals surface area contributed by atoms with E-state index in [0.717, 1.165) is 0 Å². The van der Waals surface area contributed by atoms with Gasteiger partial charge in [-0.3, -0.25) is 9.59 Å². The van der Waals surface area contributed by atoms with Crippen LogP contribution in [0.3, 0.4) is 0 Å². The van der Waals surface area contributed by atoms with E-state index in [2.05, 4.69) is 5.32 Å². The smallest absolute Gasteiger partial charge is 0.251 e. The van der Waals surface area contributed by atoms with Crippen molar-refractivity contribution in [2.24, 2.45) is 0 Å². The molecule has 2 heterocycles. The second kappa shape index (κ2) is 8.47. The molecule has 158 valence electrons. The van der Waals surface area contributed by atoms with Gasteiger partial charge in [-0.1, -0.05) is 29.8 Å². The highest BCUT2D eigenvalue weighted by atomic mass is 35.5. The van der Waals surface area contributed by atoms with E-state index in [9.17, 15) is 18.0 Å². The lowest BCUT2D eigenvalue weighted by molar-refractivity contribution is -0.121. The number of carbonyl (C=O) groups excluding carboxylic acids is 2. The van der Waals surface area contributed by atoms with Crippen molar-refractivity contribution in [3.05, 3.63) is 59.6 Å². The molecule has 0 aliphatic carbocycles. The van der Waals surface area contributed by atoms with Gasteiger partial charge in [-0.2, -0.15) is 4.31 Å². The minimum Gasteiger partial charge on any atom is -0.303 e. The number of halogens is 1. The second-order valence-electron chi connectivity index (χ2n) is 7.46. The molecule has 9 heteroatoms. The molecule has 1 N–H and O–H groups in total. The van der Waals surface area contributed by atoms with Crippen molar-refractivity contribution >= 4 is 39.1 Å². The van der Waals surface area contributed by atoms with Crippen LogP contribution in [0.5, 0.6) is 0 Å².